The van der Waals surface area contributed by atoms with Gasteiger partial charge in [0.1, 0.15) is 0 Å². The van der Waals surface area contributed by atoms with Gasteiger partial charge in [0.2, 0.25) is 17.7 Å². The number of amides is 1. The molecular formula is C22H25N7O3. The van der Waals surface area contributed by atoms with Gasteiger partial charge in [-0.25, -0.2) is 9.97 Å². The van der Waals surface area contributed by atoms with E-state index in [0.717, 1.165) is 31.5 Å². The molecule has 5 rings (SSSR count). The van der Waals surface area contributed by atoms with Gasteiger partial charge in [-0.2, -0.15) is 4.98 Å². The number of carbonyl (C=O) groups excluding carboxylic acids is 1. The fourth-order valence-electron chi connectivity index (χ4n) is 4.13. The molecule has 0 N–H and O–H groups in total. The average Bonchev–Trinajstić information content (AvgIpc) is 3.35. The number of hydrogen-bond acceptors (Lipinski definition) is 9. The molecule has 3 aromatic rings. The molecular weight excluding hydrogens is 410 g/mol. The lowest BCUT2D eigenvalue weighted by atomic mass is 9.97. The highest BCUT2D eigenvalue weighted by atomic mass is 16.5. The Morgan fingerprint density at radius 3 is 2.81 bits per heavy atom. The smallest absolute Gasteiger partial charge is 0.257 e. The van der Waals surface area contributed by atoms with Gasteiger partial charge in [-0.05, 0) is 31.9 Å². The third kappa shape index (κ3) is 4.18. The quantitative estimate of drug-likeness (QED) is 0.608. The first-order chi connectivity index (χ1) is 15.7. The minimum Gasteiger partial charge on any atom is -0.378 e. The fourth-order valence-corrected chi connectivity index (χ4v) is 4.13. The van der Waals surface area contributed by atoms with Gasteiger partial charge < -0.3 is 19.1 Å². The van der Waals surface area contributed by atoms with Crippen molar-refractivity contribution >= 4 is 11.9 Å². The first-order valence-electron chi connectivity index (χ1n) is 10.9. The number of anilines is 1. The van der Waals surface area contributed by atoms with Crippen LogP contribution in [-0.2, 0) is 4.74 Å². The van der Waals surface area contributed by atoms with Crippen molar-refractivity contribution in [1.82, 2.24) is 30.0 Å². The summed E-state index contributed by atoms with van der Waals surface area (Å²) in [4.78, 5) is 34.9. The number of rotatable bonds is 4. The number of aryl methyl sites for hydroxylation is 1. The molecule has 0 spiro atoms. The summed E-state index contributed by atoms with van der Waals surface area (Å²) in [5.41, 5.74) is 2.02. The first kappa shape index (κ1) is 20.5. The maximum absolute atomic E-state index is 13.2. The molecule has 1 amide bonds. The van der Waals surface area contributed by atoms with Crippen LogP contribution in [0.25, 0.3) is 11.4 Å². The Morgan fingerprint density at radius 2 is 2.03 bits per heavy atom. The summed E-state index contributed by atoms with van der Waals surface area (Å²) in [5.74, 6) is 1.65. The van der Waals surface area contributed by atoms with E-state index in [9.17, 15) is 4.79 Å². The highest BCUT2D eigenvalue weighted by Gasteiger charge is 2.30. The zero-order valence-corrected chi connectivity index (χ0v) is 18.0. The van der Waals surface area contributed by atoms with E-state index >= 15 is 0 Å². The largest absolute Gasteiger partial charge is 0.378 e. The fraction of sp³-hybridized carbons (Fsp3) is 0.455. The van der Waals surface area contributed by atoms with Crippen molar-refractivity contribution < 1.29 is 14.1 Å². The van der Waals surface area contributed by atoms with E-state index in [0.29, 0.717) is 55.2 Å². The molecule has 10 heteroatoms. The van der Waals surface area contributed by atoms with Gasteiger partial charge in [0.15, 0.2) is 0 Å². The number of aromatic nitrogens is 5. The number of ether oxygens (including phenoxy) is 1. The van der Waals surface area contributed by atoms with Crippen LogP contribution < -0.4 is 4.90 Å². The van der Waals surface area contributed by atoms with Crippen LogP contribution in [-0.4, -0.2) is 75.3 Å². The molecule has 2 fully saturated rings. The molecule has 0 aliphatic carbocycles. The molecule has 166 valence electrons. The van der Waals surface area contributed by atoms with Crippen molar-refractivity contribution in [3.63, 3.8) is 0 Å². The predicted octanol–water partition coefficient (Wildman–Crippen LogP) is 2.09. The molecule has 2 aliphatic heterocycles. The lowest BCUT2D eigenvalue weighted by molar-refractivity contribution is 0.0694. The van der Waals surface area contributed by atoms with Crippen LogP contribution in [0, 0.1) is 6.92 Å². The molecule has 0 saturated carbocycles. The monoisotopic (exact) mass is 435 g/mol. The third-order valence-electron chi connectivity index (χ3n) is 5.91. The van der Waals surface area contributed by atoms with E-state index < -0.39 is 0 Å². The Hall–Kier alpha value is -3.40. The minimum atomic E-state index is -0.0623. The number of pyridine rings is 1. The molecule has 2 saturated heterocycles. The van der Waals surface area contributed by atoms with Crippen molar-refractivity contribution in [3.8, 4) is 11.4 Å². The van der Waals surface area contributed by atoms with Crippen molar-refractivity contribution in [2.24, 2.45) is 0 Å². The summed E-state index contributed by atoms with van der Waals surface area (Å²) in [6.45, 7) is 5.91. The normalized spacial score (nSPS) is 19.2. The number of nitrogens with zero attached hydrogens (tertiary/aromatic N) is 7. The van der Waals surface area contributed by atoms with Crippen LogP contribution >= 0.6 is 0 Å². The van der Waals surface area contributed by atoms with Gasteiger partial charge in [-0.3, -0.25) is 9.78 Å². The molecule has 0 aromatic carbocycles. The van der Waals surface area contributed by atoms with Gasteiger partial charge in [-0.15, -0.1) is 0 Å². The Labute approximate surface area is 185 Å². The van der Waals surface area contributed by atoms with Crippen molar-refractivity contribution in [1.29, 1.82) is 0 Å². The summed E-state index contributed by atoms with van der Waals surface area (Å²) >= 11 is 0. The van der Waals surface area contributed by atoms with Crippen LogP contribution in [0.4, 0.5) is 5.95 Å². The Morgan fingerprint density at radius 1 is 1.16 bits per heavy atom. The van der Waals surface area contributed by atoms with Gasteiger partial charge >= 0.3 is 0 Å². The minimum absolute atomic E-state index is 0.000492. The van der Waals surface area contributed by atoms with Crippen LogP contribution in [0.5, 0.6) is 0 Å². The van der Waals surface area contributed by atoms with Crippen LogP contribution in [0.1, 0.15) is 40.7 Å². The van der Waals surface area contributed by atoms with E-state index in [2.05, 4.69) is 30.0 Å². The van der Waals surface area contributed by atoms with E-state index in [1.807, 2.05) is 24.0 Å². The molecule has 32 heavy (non-hydrogen) atoms. The van der Waals surface area contributed by atoms with Gasteiger partial charge in [0.05, 0.1) is 30.4 Å². The SMILES string of the molecule is Cc1nc(N2CCOCC2)ncc1C(=O)N1CCCC(c2nc(-c3cccnc3)no2)C1. The molecule has 5 heterocycles. The lowest BCUT2D eigenvalue weighted by Crippen LogP contribution is -2.40. The third-order valence-corrected chi connectivity index (χ3v) is 5.91. The second-order valence-electron chi connectivity index (χ2n) is 8.06. The molecule has 0 bridgehead atoms. The Kier molecular flexibility index (Phi) is 5.76. The number of hydrogen-bond donors (Lipinski definition) is 0. The summed E-state index contributed by atoms with van der Waals surface area (Å²) in [6, 6.07) is 3.73. The number of carbonyl (C=O) groups is 1. The summed E-state index contributed by atoms with van der Waals surface area (Å²) in [6.07, 6.45) is 6.81. The number of morpholine rings is 1. The van der Waals surface area contributed by atoms with Crippen LogP contribution in [0.3, 0.4) is 0 Å². The van der Waals surface area contributed by atoms with Crippen molar-refractivity contribution in [2.75, 3.05) is 44.3 Å². The van der Waals surface area contributed by atoms with E-state index in [1.165, 1.54) is 0 Å². The second kappa shape index (κ2) is 8.99. The van der Waals surface area contributed by atoms with E-state index in [1.54, 1.807) is 18.6 Å². The molecule has 3 aromatic heterocycles. The average molecular weight is 435 g/mol. The topological polar surface area (TPSA) is 110 Å². The first-order valence-corrected chi connectivity index (χ1v) is 10.9. The Bertz CT molecular complexity index is 1080. The molecule has 0 radical (unpaired) electrons. The van der Waals surface area contributed by atoms with Crippen LogP contribution in [0.15, 0.2) is 35.2 Å². The summed E-state index contributed by atoms with van der Waals surface area (Å²) < 4.78 is 10.9. The highest BCUT2D eigenvalue weighted by molar-refractivity contribution is 5.95. The zero-order valence-electron chi connectivity index (χ0n) is 18.0. The number of piperidine rings is 1. The molecule has 1 atom stereocenters. The molecule has 10 nitrogen and oxygen atoms in total. The van der Waals surface area contributed by atoms with E-state index in [-0.39, 0.29) is 11.8 Å². The maximum Gasteiger partial charge on any atom is 0.257 e. The van der Waals surface area contributed by atoms with E-state index in [4.69, 9.17) is 9.26 Å². The van der Waals surface area contributed by atoms with Crippen molar-refractivity contribution in [2.45, 2.75) is 25.7 Å². The predicted molar refractivity (Wildman–Crippen MR) is 115 cm³/mol. The zero-order chi connectivity index (χ0) is 21.9. The summed E-state index contributed by atoms with van der Waals surface area (Å²) in [7, 11) is 0. The number of likely N-dealkylation sites (tertiary alicyclic amines) is 1. The van der Waals surface area contributed by atoms with Gasteiger partial charge in [-0.1, -0.05) is 5.16 Å². The maximum atomic E-state index is 13.2. The molecule has 1 unspecified atom stereocenters. The molecule has 2 aliphatic rings. The summed E-state index contributed by atoms with van der Waals surface area (Å²) in [5, 5.41) is 4.09. The van der Waals surface area contributed by atoms with Gasteiger partial charge in [0.25, 0.3) is 5.91 Å². The second-order valence-corrected chi connectivity index (χ2v) is 8.06. The van der Waals surface area contributed by atoms with Crippen molar-refractivity contribution in [3.05, 3.63) is 47.9 Å². The highest BCUT2D eigenvalue weighted by Crippen LogP contribution is 2.28. The van der Waals surface area contributed by atoms with Gasteiger partial charge in [0, 0.05) is 50.3 Å². The lowest BCUT2D eigenvalue weighted by Gasteiger charge is -2.31. The van der Waals surface area contributed by atoms with Crippen LogP contribution in [0.2, 0.25) is 0 Å². The Balaban J connectivity index is 1.29. The standard InChI is InChI=1S/C22H25N7O3/c1-15-18(13-24-22(25-15)28-8-10-31-11-9-28)21(30)29-7-3-5-17(14-29)20-26-19(27-32-20)16-4-2-6-23-12-16/h2,4,6,12-13,17H,3,5,7-11,14H2,1H3.